The summed E-state index contributed by atoms with van der Waals surface area (Å²) in [4.78, 5) is 15.9. The van der Waals surface area contributed by atoms with E-state index in [1.165, 1.54) is 16.9 Å². The van der Waals surface area contributed by atoms with Crippen LogP contribution in [-0.4, -0.2) is 16.6 Å². The van der Waals surface area contributed by atoms with Gasteiger partial charge in [-0.1, -0.05) is 19.1 Å². The molecule has 3 nitrogen and oxygen atoms in total. The number of nitrogens with one attached hydrogen (secondary N) is 1. The summed E-state index contributed by atoms with van der Waals surface area (Å²) in [6, 6.07) is 7.71. The predicted molar refractivity (Wildman–Crippen MR) is 78.3 cm³/mol. The molecule has 0 aliphatic carbocycles. The van der Waals surface area contributed by atoms with E-state index in [0.717, 1.165) is 11.5 Å². The van der Waals surface area contributed by atoms with Gasteiger partial charge >= 0.3 is 0 Å². The standard InChI is InChI=1S/C13H14N2OS2/c1-2-17-9-10-3-5-11(6-4-10)12(16)15-13-14-7-8-18-13/h3-8H,2,9H2,1H3,(H,14,15,16). The first-order chi connectivity index (χ1) is 8.79. The van der Waals surface area contributed by atoms with Gasteiger partial charge in [-0.15, -0.1) is 11.3 Å². The van der Waals surface area contributed by atoms with Gasteiger partial charge in [0.2, 0.25) is 0 Å². The number of hydrogen-bond donors (Lipinski definition) is 1. The number of amides is 1. The van der Waals surface area contributed by atoms with Gasteiger partial charge in [0.1, 0.15) is 0 Å². The lowest BCUT2D eigenvalue weighted by Gasteiger charge is -2.03. The molecule has 0 aliphatic rings. The van der Waals surface area contributed by atoms with Gasteiger partial charge in [0.05, 0.1) is 0 Å². The molecule has 0 unspecified atom stereocenters. The summed E-state index contributed by atoms with van der Waals surface area (Å²) in [5, 5.41) is 5.23. The zero-order chi connectivity index (χ0) is 12.8. The molecule has 0 saturated heterocycles. The highest BCUT2D eigenvalue weighted by Gasteiger charge is 2.07. The van der Waals surface area contributed by atoms with Crippen LogP contribution in [0.2, 0.25) is 0 Å². The Labute approximate surface area is 115 Å². The maximum atomic E-state index is 11.9. The van der Waals surface area contributed by atoms with E-state index in [0.29, 0.717) is 10.7 Å². The van der Waals surface area contributed by atoms with Crippen molar-refractivity contribution in [3.63, 3.8) is 0 Å². The third-order valence-electron chi connectivity index (χ3n) is 2.34. The Hall–Kier alpha value is -1.33. The normalized spacial score (nSPS) is 10.3. The molecule has 0 aliphatic heterocycles. The summed E-state index contributed by atoms with van der Waals surface area (Å²) < 4.78 is 0. The van der Waals surface area contributed by atoms with E-state index in [-0.39, 0.29) is 5.91 Å². The quantitative estimate of drug-likeness (QED) is 0.907. The van der Waals surface area contributed by atoms with Crippen molar-refractivity contribution in [3.05, 3.63) is 47.0 Å². The number of rotatable bonds is 5. The monoisotopic (exact) mass is 278 g/mol. The maximum absolute atomic E-state index is 11.9. The second-order valence-electron chi connectivity index (χ2n) is 3.63. The van der Waals surface area contributed by atoms with Crippen LogP contribution in [0.15, 0.2) is 35.8 Å². The van der Waals surface area contributed by atoms with E-state index in [4.69, 9.17) is 0 Å². The fraction of sp³-hybridized carbons (Fsp3) is 0.231. The molecule has 1 N–H and O–H groups in total. The Morgan fingerprint density at radius 3 is 2.78 bits per heavy atom. The van der Waals surface area contributed by atoms with Crippen LogP contribution in [0.3, 0.4) is 0 Å². The minimum Gasteiger partial charge on any atom is -0.298 e. The van der Waals surface area contributed by atoms with Crippen molar-refractivity contribution in [1.82, 2.24) is 4.98 Å². The number of thiazole rings is 1. The largest absolute Gasteiger partial charge is 0.298 e. The van der Waals surface area contributed by atoms with Gasteiger partial charge in [0.25, 0.3) is 5.91 Å². The van der Waals surface area contributed by atoms with Gasteiger partial charge in [-0.25, -0.2) is 4.98 Å². The number of thioether (sulfide) groups is 1. The molecule has 18 heavy (non-hydrogen) atoms. The second kappa shape index (κ2) is 6.56. The summed E-state index contributed by atoms with van der Waals surface area (Å²) >= 11 is 3.28. The SMILES string of the molecule is CCSCc1ccc(C(=O)Nc2nccs2)cc1. The third kappa shape index (κ3) is 3.58. The first-order valence-corrected chi connectivity index (χ1v) is 7.70. The number of anilines is 1. The van der Waals surface area contributed by atoms with E-state index < -0.39 is 0 Å². The lowest BCUT2D eigenvalue weighted by atomic mass is 10.1. The van der Waals surface area contributed by atoms with Crippen LogP contribution in [0.5, 0.6) is 0 Å². The summed E-state index contributed by atoms with van der Waals surface area (Å²) in [5.74, 6) is 1.98. The van der Waals surface area contributed by atoms with Gasteiger partial charge in [0.15, 0.2) is 5.13 Å². The topological polar surface area (TPSA) is 42.0 Å². The smallest absolute Gasteiger partial charge is 0.257 e. The van der Waals surface area contributed by atoms with Crippen LogP contribution < -0.4 is 5.32 Å². The highest BCUT2D eigenvalue weighted by atomic mass is 32.2. The lowest BCUT2D eigenvalue weighted by Crippen LogP contribution is -2.11. The molecule has 0 spiro atoms. The van der Waals surface area contributed by atoms with E-state index in [1.807, 2.05) is 41.4 Å². The van der Waals surface area contributed by atoms with Gasteiger partial charge < -0.3 is 0 Å². The number of hydrogen-bond acceptors (Lipinski definition) is 4. The second-order valence-corrected chi connectivity index (χ2v) is 5.79. The highest BCUT2D eigenvalue weighted by Crippen LogP contribution is 2.15. The molecule has 0 saturated carbocycles. The molecule has 0 atom stereocenters. The number of carbonyl (C=O) groups is 1. The number of benzene rings is 1. The molecule has 2 rings (SSSR count). The molecule has 0 bridgehead atoms. The van der Waals surface area contributed by atoms with E-state index in [1.54, 1.807) is 6.20 Å². The molecule has 1 aromatic carbocycles. The van der Waals surface area contributed by atoms with E-state index in [9.17, 15) is 4.79 Å². The molecule has 1 aromatic heterocycles. The van der Waals surface area contributed by atoms with E-state index >= 15 is 0 Å². The Kier molecular flexibility index (Phi) is 4.78. The Morgan fingerprint density at radius 1 is 1.39 bits per heavy atom. The van der Waals surface area contributed by atoms with Crippen molar-refractivity contribution < 1.29 is 4.79 Å². The van der Waals surface area contributed by atoms with Crippen molar-refractivity contribution in [2.45, 2.75) is 12.7 Å². The lowest BCUT2D eigenvalue weighted by molar-refractivity contribution is 0.102. The molecule has 1 heterocycles. The fourth-order valence-electron chi connectivity index (χ4n) is 1.43. The first-order valence-electron chi connectivity index (χ1n) is 5.67. The fourth-order valence-corrected chi connectivity index (χ4v) is 2.58. The van der Waals surface area contributed by atoms with E-state index in [2.05, 4.69) is 17.2 Å². The average Bonchev–Trinajstić information content (AvgIpc) is 2.89. The van der Waals surface area contributed by atoms with Crippen LogP contribution in [0, 0.1) is 0 Å². The number of nitrogens with zero attached hydrogens (tertiary/aromatic N) is 1. The molecular formula is C13H14N2OS2. The predicted octanol–water partition coefficient (Wildman–Crippen LogP) is 3.65. The van der Waals surface area contributed by atoms with Crippen LogP contribution in [0.4, 0.5) is 5.13 Å². The molecule has 94 valence electrons. The summed E-state index contributed by atoms with van der Waals surface area (Å²) in [5.41, 5.74) is 1.91. The third-order valence-corrected chi connectivity index (χ3v) is 3.98. The van der Waals surface area contributed by atoms with Crippen molar-refractivity contribution in [1.29, 1.82) is 0 Å². The Morgan fingerprint density at radius 2 is 2.17 bits per heavy atom. The molecule has 1 amide bonds. The minimum atomic E-state index is -0.111. The van der Waals surface area contributed by atoms with Crippen molar-refractivity contribution in [2.24, 2.45) is 0 Å². The zero-order valence-corrected chi connectivity index (χ0v) is 11.7. The number of aromatic nitrogens is 1. The number of carbonyl (C=O) groups excluding carboxylic acids is 1. The molecule has 5 heteroatoms. The van der Waals surface area contributed by atoms with Crippen molar-refractivity contribution in [2.75, 3.05) is 11.1 Å². The van der Waals surface area contributed by atoms with Crippen LogP contribution in [0.1, 0.15) is 22.8 Å². The Balaban J connectivity index is 1.98. The van der Waals surface area contributed by atoms with Crippen LogP contribution >= 0.6 is 23.1 Å². The molecule has 0 radical (unpaired) electrons. The van der Waals surface area contributed by atoms with Gasteiger partial charge in [-0.05, 0) is 23.4 Å². The van der Waals surface area contributed by atoms with Gasteiger partial charge in [-0.2, -0.15) is 11.8 Å². The van der Waals surface area contributed by atoms with Crippen molar-refractivity contribution in [3.8, 4) is 0 Å². The molecule has 2 aromatic rings. The highest BCUT2D eigenvalue weighted by molar-refractivity contribution is 7.98. The van der Waals surface area contributed by atoms with Gasteiger partial charge in [0, 0.05) is 22.9 Å². The molecular weight excluding hydrogens is 264 g/mol. The zero-order valence-electron chi connectivity index (χ0n) is 10.1. The average molecular weight is 278 g/mol. The Bertz CT molecular complexity index is 494. The minimum absolute atomic E-state index is 0.111. The van der Waals surface area contributed by atoms with Crippen LogP contribution in [0.25, 0.3) is 0 Å². The summed E-state index contributed by atoms with van der Waals surface area (Å²) in [6.45, 7) is 2.14. The van der Waals surface area contributed by atoms with Crippen molar-refractivity contribution >= 4 is 34.1 Å². The van der Waals surface area contributed by atoms with Crippen LogP contribution in [-0.2, 0) is 5.75 Å². The van der Waals surface area contributed by atoms with Gasteiger partial charge in [-0.3, -0.25) is 10.1 Å². The molecule has 0 fully saturated rings. The summed E-state index contributed by atoms with van der Waals surface area (Å²) in [7, 11) is 0. The maximum Gasteiger partial charge on any atom is 0.257 e. The first kappa shape index (κ1) is 13.1. The summed E-state index contributed by atoms with van der Waals surface area (Å²) in [6.07, 6.45) is 1.67.